The highest BCUT2D eigenvalue weighted by molar-refractivity contribution is 9.10. The number of hydrogen-bond donors (Lipinski definition) is 1. The molecule has 1 rings (SSSR count). The van der Waals surface area contributed by atoms with Crippen molar-refractivity contribution in [1.29, 1.82) is 0 Å². The SMILES string of the molecule is CC(Br)C(=O)N(CC(=O)O)N(C)c1ccccc1. The maximum Gasteiger partial charge on any atom is 0.325 e. The smallest absolute Gasteiger partial charge is 0.325 e. The average Bonchev–Trinajstić information content (AvgIpc) is 2.35. The third-order valence-corrected chi connectivity index (χ3v) is 2.76. The summed E-state index contributed by atoms with van der Waals surface area (Å²) in [7, 11) is 1.66. The van der Waals surface area contributed by atoms with E-state index in [0.29, 0.717) is 0 Å². The molecule has 1 aromatic rings. The van der Waals surface area contributed by atoms with Gasteiger partial charge < -0.3 is 5.11 Å². The second-order valence-electron chi connectivity index (χ2n) is 3.76. The standard InChI is InChI=1S/C12H15BrN2O3/c1-9(13)12(18)15(8-11(16)17)14(2)10-6-4-3-5-7-10/h3-7,9H,8H2,1-2H3,(H,16,17). The van der Waals surface area contributed by atoms with Gasteiger partial charge in [0.05, 0.1) is 10.5 Å². The normalized spacial score (nSPS) is 11.7. The molecule has 1 aromatic carbocycles. The molecule has 0 spiro atoms. The van der Waals surface area contributed by atoms with E-state index in [-0.39, 0.29) is 12.5 Å². The Hall–Kier alpha value is -1.56. The molecule has 5 nitrogen and oxygen atoms in total. The fourth-order valence-electron chi connectivity index (χ4n) is 1.45. The predicted octanol–water partition coefficient (Wildman–Crippen LogP) is 1.73. The topological polar surface area (TPSA) is 60.9 Å². The molecule has 0 saturated heterocycles. The lowest BCUT2D eigenvalue weighted by Crippen LogP contribution is -2.49. The van der Waals surface area contributed by atoms with Crippen LogP contribution < -0.4 is 5.01 Å². The van der Waals surface area contributed by atoms with Crippen LogP contribution in [-0.2, 0) is 9.59 Å². The first-order valence-corrected chi connectivity index (χ1v) is 6.31. The van der Waals surface area contributed by atoms with Crippen LogP contribution in [-0.4, -0.2) is 40.4 Å². The maximum absolute atomic E-state index is 12.0. The molecular weight excluding hydrogens is 300 g/mol. The van der Waals surface area contributed by atoms with E-state index in [1.54, 1.807) is 26.1 Å². The van der Waals surface area contributed by atoms with Crippen LogP contribution in [0.5, 0.6) is 0 Å². The van der Waals surface area contributed by atoms with Gasteiger partial charge in [-0.1, -0.05) is 34.1 Å². The molecule has 6 heteroatoms. The number of carbonyl (C=O) groups excluding carboxylic acids is 1. The summed E-state index contributed by atoms with van der Waals surface area (Å²) in [6.45, 7) is 1.29. The van der Waals surface area contributed by atoms with Crippen LogP contribution in [0.15, 0.2) is 30.3 Å². The van der Waals surface area contributed by atoms with Crippen LogP contribution in [0, 0.1) is 0 Å². The van der Waals surface area contributed by atoms with Crippen LogP contribution in [0.3, 0.4) is 0 Å². The van der Waals surface area contributed by atoms with Gasteiger partial charge in [-0.05, 0) is 19.1 Å². The van der Waals surface area contributed by atoms with Gasteiger partial charge in [0.2, 0.25) is 0 Å². The Labute approximate surface area is 114 Å². The predicted molar refractivity (Wildman–Crippen MR) is 72.6 cm³/mol. The molecule has 1 N–H and O–H groups in total. The third kappa shape index (κ3) is 3.73. The molecule has 0 heterocycles. The zero-order valence-corrected chi connectivity index (χ0v) is 11.8. The van der Waals surface area contributed by atoms with Crippen molar-refractivity contribution < 1.29 is 14.7 Å². The third-order valence-electron chi connectivity index (χ3n) is 2.37. The van der Waals surface area contributed by atoms with E-state index in [9.17, 15) is 9.59 Å². The fraction of sp³-hybridized carbons (Fsp3) is 0.333. The second-order valence-corrected chi connectivity index (χ2v) is 5.14. The number of halogens is 1. The van der Waals surface area contributed by atoms with Crippen LogP contribution in [0.2, 0.25) is 0 Å². The summed E-state index contributed by atoms with van der Waals surface area (Å²) in [6, 6.07) is 9.12. The Kier molecular flexibility index (Phi) is 5.15. The molecular formula is C12H15BrN2O3. The summed E-state index contributed by atoms with van der Waals surface area (Å²) < 4.78 is 0. The molecule has 0 aliphatic carbocycles. The van der Waals surface area contributed by atoms with Crippen LogP contribution >= 0.6 is 15.9 Å². The highest BCUT2D eigenvalue weighted by Gasteiger charge is 2.24. The Morgan fingerprint density at radius 3 is 2.33 bits per heavy atom. The zero-order chi connectivity index (χ0) is 13.7. The number of hydrazine groups is 1. The van der Waals surface area contributed by atoms with Crippen LogP contribution in [0.25, 0.3) is 0 Å². The largest absolute Gasteiger partial charge is 0.480 e. The lowest BCUT2D eigenvalue weighted by molar-refractivity contribution is -0.144. The number of alkyl halides is 1. The summed E-state index contributed by atoms with van der Waals surface area (Å²) in [6.07, 6.45) is 0. The van der Waals surface area contributed by atoms with E-state index in [4.69, 9.17) is 5.11 Å². The summed E-state index contributed by atoms with van der Waals surface area (Å²) in [5.41, 5.74) is 0.750. The monoisotopic (exact) mass is 314 g/mol. The van der Waals surface area contributed by atoms with Gasteiger partial charge in [0.25, 0.3) is 5.91 Å². The summed E-state index contributed by atoms with van der Waals surface area (Å²) in [5, 5.41) is 11.6. The van der Waals surface area contributed by atoms with E-state index in [1.165, 1.54) is 10.0 Å². The van der Waals surface area contributed by atoms with Gasteiger partial charge in [0, 0.05) is 7.05 Å². The van der Waals surface area contributed by atoms with Crippen molar-refractivity contribution in [2.24, 2.45) is 0 Å². The van der Waals surface area contributed by atoms with E-state index in [2.05, 4.69) is 15.9 Å². The summed E-state index contributed by atoms with van der Waals surface area (Å²) in [5.74, 6) is -1.36. The first-order chi connectivity index (χ1) is 8.43. The molecule has 1 amide bonds. The van der Waals surface area contributed by atoms with Crippen molar-refractivity contribution in [3.05, 3.63) is 30.3 Å². The van der Waals surface area contributed by atoms with Crippen LogP contribution in [0.4, 0.5) is 5.69 Å². The number of anilines is 1. The molecule has 0 bridgehead atoms. The lowest BCUT2D eigenvalue weighted by Gasteiger charge is -2.33. The Morgan fingerprint density at radius 1 is 1.33 bits per heavy atom. The Morgan fingerprint density at radius 2 is 1.89 bits per heavy atom. The number of rotatable bonds is 5. The van der Waals surface area contributed by atoms with E-state index < -0.39 is 10.8 Å². The molecule has 1 unspecified atom stereocenters. The van der Waals surface area contributed by atoms with Gasteiger partial charge in [-0.15, -0.1) is 0 Å². The Balaban J connectivity index is 2.96. The minimum atomic E-state index is -1.06. The molecule has 0 fully saturated rings. The van der Waals surface area contributed by atoms with Crippen LogP contribution in [0.1, 0.15) is 6.92 Å². The number of amides is 1. The van der Waals surface area contributed by atoms with Crippen molar-refractivity contribution in [3.63, 3.8) is 0 Å². The molecule has 0 aromatic heterocycles. The number of benzene rings is 1. The highest BCUT2D eigenvalue weighted by atomic mass is 79.9. The Bertz CT molecular complexity index is 423. The number of carbonyl (C=O) groups is 2. The van der Waals surface area contributed by atoms with Crippen molar-refractivity contribution in [3.8, 4) is 0 Å². The first kappa shape index (κ1) is 14.5. The summed E-state index contributed by atoms with van der Waals surface area (Å²) in [4.78, 5) is 22.4. The van der Waals surface area contributed by atoms with Gasteiger partial charge in [0.15, 0.2) is 0 Å². The minimum Gasteiger partial charge on any atom is -0.480 e. The van der Waals surface area contributed by atoms with E-state index >= 15 is 0 Å². The first-order valence-electron chi connectivity index (χ1n) is 5.39. The fourth-order valence-corrected chi connectivity index (χ4v) is 1.68. The number of hydrogen-bond acceptors (Lipinski definition) is 3. The molecule has 0 aliphatic heterocycles. The summed E-state index contributed by atoms with van der Waals surface area (Å²) >= 11 is 3.16. The van der Waals surface area contributed by atoms with Gasteiger partial charge in [-0.25, -0.2) is 5.01 Å². The average molecular weight is 315 g/mol. The van der Waals surface area contributed by atoms with Crippen molar-refractivity contribution in [1.82, 2.24) is 5.01 Å². The number of para-hydroxylation sites is 1. The van der Waals surface area contributed by atoms with Gasteiger partial charge >= 0.3 is 5.97 Å². The van der Waals surface area contributed by atoms with Gasteiger partial charge in [-0.3, -0.25) is 14.6 Å². The van der Waals surface area contributed by atoms with E-state index in [0.717, 1.165) is 5.69 Å². The van der Waals surface area contributed by atoms with Crippen molar-refractivity contribution in [2.75, 3.05) is 18.6 Å². The van der Waals surface area contributed by atoms with Gasteiger partial charge in [-0.2, -0.15) is 0 Å². The van der Waals surface area contributed by atoms with Gasteiger partial charge in [0.1, 0.15) is 6.54 Å². The maximum atomic E-state index is 12.0. The molecule has 98 valence electrons. The van der Waals surface area contributed by atoms with Crippen molar-refractivity contribution >= 4 is 33.5 Å². The number of carboxylic acid groups (broad SMARTS) is 1. The molecule has 1 atom stereocenters. The molecule has 0 aliphatic rings. The minimum absolute atomic E-state index is 0.302. The van der Waals surface area contributed by atoms with Crippen molar-refractivity contribution in [2.45, 2.75) is 11.8 Å². The zero-order valence-electron chi connectivity index (χ0n) is 10.2. The lowest BCUT2D eigenvalue weighted by atomic mass is 10.3. The molecule has 18 heavy (non-hydrogen) atoms. The second kappa shape index (κ2) is 6.39. The molecule has 0 saturated carbocycles. The highest BCUT2D eigenvalue weighted by Crippen LogP contribution is 2.16. The molecule has 0 radical (unpaired) electrons. The number of nitrogens with zero attached hydrogens (tertiary/aromatic N) is 2. The number of carboxylic acids is 1. The number of aliphatic carboxylic acids is 1. The quantitative estimate of drug-likeness (QED) is 0.664. The van der Waals surface area contributed by atoms with E-state index in [1.807, 2.05) is 18.2 Å².